The van der Waals surface area contributed by atoms with E-state index in [-0.39, 0.29) is 16.1 Å². The van der Waals surface area contributed by atoms with Crippen molar-refractivity contribution in [3.8, 4) is 0 Å². The molecule has 0 spiro atoms. The Bertz CT molecular complexity index is 541. The SMILES string of the molecule is CCC1CCN(c2sc(C(N)=O)c(N)c2C(=O)OC)C1. The summed E-state index contributed by atoms with van der Waals surface area (Å²) in [7, 11) is 1.30. The van der Waals surface area contributed by atoms with Crippen molar-refractivity contribution < 1.29 is 14.3 Å². The molecule has 2 heterocycles. The van der Waals surface area contributed by atoms with Gasteiger partial charge in [0, 0.05) is 13.1 Å². The Morgan fingerprint density at radius 1 is 1.50 bits per heavy atom. The number of esters is 1. The van der Waals surface area contributed by atoms with Gasteiger partial charge in [-0.25, -0.2) is 4.79 Å². The van der Waals surface area contributed by atoms with E-state index in [9.17, 15) is 9.59 Å². The summed E-state index contributed by atoms with van der Waals surface area (Å²) in [6.07, 6.45) is 2.16. The molecule has 0 aliphatic carbocycles. The van der Waals surface area contributed by atoms with Crippen LogP contribution in [0.1, 0.15) is 39.8 Å². The number of carbonyl (C=O) groups is 2. The molecule has 0 saturated carbocycles. The molecular weight excluding hydrogens is 278 g/mol. The van der Waals surface area contributed by atoms with Gasteiger partial charge in [-0.2, -0.15) is 0 Å². The van der Waals surface area contributed by atoms with Crippen LogP contribution in [0.3, 0.4) is 0 Å². The number of anilines is 2. The van der Waals surface area contributed by atoms with Gasteiger partial charge in [0.2, 0.25) is 0 Å². The number of nitrogens with zero attached hydrogens (tertiary/aromatic N) is 1. The van der Waals surface area contributed by atoms with Crippen LogP contribution in [0.5, 0.6) is 0 Å². The zero-order valence-electron chi connectivity index (χ0n) is 11.6. The largest absolute Gasteiger partial charge is 0.465 e. The molecule has 0 aromatic carbocycles. The second-order valence-corrected chi connectivity index (χ2v) is 5.89. The zero-order chi connectivity index (χ0) is 14.9. The maximum atomic E-state index is 11.9. The molecule has 1 aromatic heterocycles. The molecule has 0 bridgehead atoms. The number of thiophene rings is 1. The molecule has 20 heavy (non-hydrogen) atoms. The van der Waals surface area contributed by atoms with E-state index >= 15 is 0 Å². The summed E-state index contributed by atoms with van der Waals surface area (Å²) < 4.78 is 4.77. The molecule has 1 atom stereocenters. The van der Waals surface area contributed by atoms with Crippen molar-refractivity contribution in [3.63, 3.8) is 0 Å². The second-order valence-electron chi connectivity index (χ2n) is 4.89. The maximum absolute atomic E-state index is 11.9. The number of carbonyl (C=O) groups excluding carboxylic acids is 2. The first-order valence-corrected chi connectivity index (χ1v) is 7.36. The first kappa shape index (κ1) is 14.6. The number of methoxy groups -OCH3 is 1. The Kier molecular flexibility index (Phi) is 4.17. The smallest absolute Gasteiger partial charge is 0.343 e. The fraction of sp³-hybridized carbons (Fsp3) is 0.538. The summed E-state index contributed by atoms with van der Waals surface area (Å²) in [5.74, 6) is -0.544. The highest BCUT2D eigenvalue weighted by atomic mass is 32.1. The van der Waals surface area contributed by atoms with Crippen LogP contribution in [-0.2, 0) is 4.74 Å². The lowest BCUT2D eigenvalue weighted by atomic mass is 10.1. The van der Waals surface area contributed by atoms with Crippen LogP contribution >= 0.6 is 11.3 Å². The van der Waals surface area contributed by atoms with Crippen LogP contribution in [0.25, 0.3) is 0 Å². The van der Waals surface area contributed by atoms with E-state index in [0.29, 0.717) is 10.9 Å². The lowest BCUT2D eigenvalue weighted by Gasteiger charge is -2.17. The highest BCUT2D eigenvalue weighted by molar-refractivity contribution is 7.19. The van der Waals surface area contributed by atoms with Crippen molar-refractivity contribution >= 4 is 33.9 Å². The van der Waals surface area contributed by atoms with E-state index in [0.717, 1.165) is 25.9 Å². The summed E-state index contributed by atoms with van der Waals surface area (Å²) >= 11 is 1.17. The van der Waals surface area contributed by atoms with Gasteiger partial charge in [-0.05, 0) is 12.3 Å². The summed E-state index contributed by atoms with van der Waals surface area (Å²) in [4.78, 5) is 25.7. The van der Waals surface area contributed by atoms with Crippen molar-refractivity contribution in [3.05, 3.63) is 10.4 Å². The zero-order valence-corrected chi connectivity index (χ0v) is 12.5. The molecule has 1 amide bonds. The predicted octanol–water partition coefficient (Wildman–Crippen LogP) is 1.45. The minimum atomic E-state index is -0.616. The standard InChI is InChI=1S/C13H19N3O3S/c1-3-7-4-5-16(6-7)12-8(13(18)19-2)9(14)10(20-12)11(15)17/h7H,3-6,14H2,1-2H3,(H2,15,17). The molecule has 2 rings (SSSR count). The van der Waals surface area contributed by atoms with Crippen molar-refractivity contribution in [2.24, 2.45) is 11.7 Å². The lowest BCUT2D eigenvalue weighted by Crippen LogP contribution is -2.21. The number of amides is 1. The molecule has 1 aromatic rings. The van der Waals surface area contributed by atoms with E-state index in [4.69, 9.17) is 16.2 Å². The molecule has 4 N–H and O–H groups in total. The first-order chi connectivity index (χ1) is 9.49. The van der Waals surface area contributed by atoms with Gasteiger partial charge in [0.25, 0.3) is 5.91 Å². The molecule has 1 saturated heterocycles. The van der Waals surface area contributed by atoms with Crippen LogP contribution in [0.15, 0.2) is 0 Å². The van der Waals surface area contributed by atoms with E-state index in [1.807, 2.05) is 0 Å². The monoisotopic (exact) mass is 297 g/mol. The van der Waals surface area contributed by atoms with E-state index in [1.165, 1.54) is 18.4 Å². The van der Waals surface area contributed by atoms with Gasteiger partial charge < -0.3 is 21.1 Å². The molecule has 1 aliphatic rings. The Labute approximate surface area is 121 Å². The van der Waals surface area contributed by atoms with E-state index < -0.39 is 11.9 Å². The van der Waals surface area contributed by atoms with Gasteiger partial charge in [0.05, 0.1) is 12.8 Å². The number of ether oxygens (including phenoxy) is 1. The van der Waals surface area contributed by atoms with E-state index in [1.54, 1.807) is 0 Å². The summed E-state index contributed by atoms with van der Waals surface area (Å²) in [5, 5.41) is 0.694. The van der Waals surface area contributed by atoms with Crippen LogP contribution in [-0.4, -0.2) is 32.1 Å². The van der Waals surface area contributed by atoms with Gasteiger partial charge in [0.15, 0.2) is 0 Å². The quantitative estimate of drug-likeness (QED) is 0.820. The molecule has 1 unspecified atom stereocenters. The van der Waals surface area contributed by atoms with Crippen molar-refractivity contribution in [2.75, 3.05) is 30.8 Å². The molecule has 110 valence electrons. The van der Waals surface area contributed by atoms with Crippen LogP contribution < -0.4 is 16.4 Å². The number of hydrogen-bond acceptors (Lipinski definition) is 6. The second kappa shape index (κ2) is 5.70. The molecule has 1 aliphatic heterocycles. The van der Waals surface area contributed by atoms with Crippen molar-refractivity contribution in [2.45, 2.75) is 19.8 Å². The van der Waals surface area contributed by atoms with Crippen molar-refractivity contribution in [1.29, 1.82) is 0 Å². The third-order valence-corrected chi connectivity index (χ3v) is 4.97. The number of nitrogen functional groups attached to an aromatic ring is 1. The molecule has 6 nitrogen and oxygen atoms in total. The average Bonchev–Trinajstić information content (AvgIpc) is 3.01. The van der Waals surface area contributed by atoms with Crippen LogP contribution in [0.4, 0.5) is 10.7 Å². The summed E-state index contributed by atoms with van der Waals surface area (Å²) in [6, 6.07) is 0. The van der Waals surface area contributed by atoms with E-state index in [2.05, 4.69) is 11.8 Å². The number of nitrogens with two attached hydrogens (primary N) is 2. The molecular formula is C13H19N3O3S. The maximum Gasteiger partial charge on any atom is 0.343 e. The third kappa shape index (κ3) is 2.45. The number of hydrogen-bond donors (Lipinski definition) is 2. The predicted molar refractivity (Wildman–Crippen MR) is 79.2 cm³/mol. The molecule has 0 radical (unpaired) electrons. The summed E-state index contributed by atoms with van der Waals surface area (Å²) in [5.41, 5.74) is 11.6. The fourth-order valence-corrected chi connectivity index (χ4v) is 3.58. The third-order valence-electron chi connectivity index (χ3n) is 3.69. The topological polar surface area (TPSA) is 98.6 Å². The Morgan fingerprint density at radius 3 is 2.70 bits per heavy atom. The van der Waals surface area contributed by atoms with Gasteiger partial charge in [-0.1, -0.05) is 13.3 Å². The number of primary amides is 1. The first-order valence-electron chi connectivity index (χ1n) is 6.54. The molecule has 7 heteroatoms. The minimum Gasteiger partial charge on any atom is -0.465 e. The summed E-state index contributed by atoms with van der Waals surface area (Å²) in [6.45, 7) is 3.85. The normalized spacial score (nSPS) is 18.3. The highest BCUT2D eigenvalue weighted by Crippen LogP contribution is 2.40. The fourth-order valence-electron chi connectivity index (χ4n) is 2.49. The van der Waals surface area contributed by atoms with Gasteiger partial charge >= 0.3 is 5.97 Å². The van der Waals surface area contributed by atoms with Gasteiger partial charge in [-0.3, -0.25) is 4.79 Å². The Morgan fingerprint density at radius 2 is 2.20 bits per heavy atom. The highest BCUT2D eigenvalue weighted by Gasteiger charge is 2.31. The molecule has 1 fully saturated rings. The average molecular weight is 297 g/mol. The minimum absolute atomic E-state index is 0.129. The Hall–Kier alpha value is -1.76. The van der Waals surface area contributed by atoms with Gasteiger partial charge in [-0.15, -0.1) is 11.3 Å². The Balaban J connectivity index is 2.43. The lowest BCUT2D eigenvalue weighted by molar-refractivity contribution is 0.0603. The van der Waals surface area contributed by atoms with Gasteiger partial charge in [0.1, 0.15) is 15.4 Å². The van der Waals surface area contributed by atoms with Crippen LogP contribution in [0, 0.1) is 5.92 Å². The van der Waals surface area contributed by atoms with Crippen molar-refractivity contribution in [1.82, 2.24) is 0 Å². The van der Waals surface area contributed by atoms with Crippen LogP contribution in [0.2, 0.25) is 0 Å². The number of rotatable bonds is 4.